The summed E-state index contributed by atoms with van der Waals surface area (Å²) in [6.45, 7) is 1.81. The zero-order valence-electron chi connectivity index (χ0n) is 10.1. The maximum atomic E-state index is 11.9. The summed E-state index contributed by atoms with van der Waals surface area (Å²) in [5.74, 6) is -0.384. The van der Waals surface area contributed by atoms with E-state index in [-0.39, 0.29) is 11.7 Å². The number of hydrogen-bond donors (Lipinski definition) is 3. The molecule has 1 aromatic heterocycles. The summed E-state index contributed by atoms with van der Waals surface area (Å²) in [5.41, 5.74) is 9.31. The Hall–Kier alpha value is -2.41. The van der Waals surface area contributed by atoms with Gasteiger partial charge in [-0.3, -0.25) is 4.79 Å². The molecule has 2 aromatic rings. The second-order valence-corrected chi connectivity index (χ2v) is 4.53. The molecule has 0 fully saturated rings. The van der Waals surface area contributed by atoms with Crippen LogP contribution in [0.5, 0.6) is 0 Å². The van der Waals surface area contributed by atoms with E-state index in [4.69, 9.17) is 10.9 Å². The van der Waals surface area contributed by atoms with Crippen LogP contribution in [0, 0.1) is 6.92 Å². The lowest BCUT2D eigenvalue weighted by Crippen LogP contribution is -2.20. The van der Waals surface area contributed by atoms with Gasteiger partial charge < -0.3 is 16.3 Å². The molecule has 0 saturated carbocycles. The van der Waals surface area contributed by atoms with Crippen molar-refractivity contribution in [2.24, 2.45) is 10.9 Å². The number of benzene rings is 1. The molecule has 6 nitrogen and oxygen atoms in total. The Bertz CT molecular complexity index is 623. The van der Waals surface area contributed by atoms with E-state index in [1.54, 1.807) is 23.0 Å². The van der Waals surface area contributed by atoms with Crippen LogP contribution in [0.3, 0.4) is 0 Å². The van der Waals surface area contributed by atoms with Crippen molar-refractivity contribution in [3.63, 3.8) is 0 Å². The van der Waals surface area contributed by atoms with E-state index in [1.165, 1.54) is 11.3 Å². The molecule has 0 bridgehead atoms. The number of amidine groups is 1. The number of carbonyl (C=O) groups is 1. The van der Waals surface area contributed by atoms with Gasteiger partial charge in [-0.1, -0.05) is 17.3 Å². The molecule has 1 amide bonds. The summed E-state index contributed by atoms with van der Waals surface area (Å²) in [4.78, 5) is 15.9. The van der Waals surface area contributed by atoms with Crippen molar-refractivity contribution in [1.82, 2.24) is 4.98 Å². The maximum Gasteiger partial charge on any atom is 0.275 e. The van der Waals surface area contributed by atoms with Crippen LogP contribution >= 0.6 is 11.3 Å². The SMILES string of the molecule is Cc1cccc(NC(=O)c2cscn2)c1/C(N)=N/O. The summed E-state index contributed by atoms with van der Waals surface area (Å²) in [7, 11) is 0. The molecule has 0 saturated heterocycles. The molecule has 0 radical (unpaired) electrons. The van der Waals surface area contributed by atoms with Crippen LogP contribution < -0.4 is 11.1 Å². The van der Waals surface area contributed by atoms with Crippen molar-refractivity contribution < 1.29 is 10.0 Å². The number of nitrogens with two attached hydrogens (primary N) is 1. The fourth-order valence-corrected chi connectivity index (χ4v) is 2.21. The minimum Gasteiger partial charge on any atom is -0.409 e. The molecule has 7 heteroatoms. The number of aryl methyl sites for hydroxylation is 1. The molecule has 1 aromatic carbocycles. The van der Waals surface area contributed by atoms with Crippen LogP contribution in [0.25, 0.3) is 0 Å². The highest BCUT2D eigenvalue weighted by Gasteiger charge is 2.14. The predicted octanol–water partition coefficient (Wildman–Crippen LogP) is 1.80. The fraction of sp³-hybridized carbons (Fsp3) is 0.0833. The van der Waals surface area contributed by atoms with Gasteiger partial charge in [0.05, 0.1) is 11.2 Å². The lowest BCUT2D eigenvalue weighted by molar-refractivity contribution is 0.102. The number of thiazole rings is 1. The van der Waals surface area contributed by atoms with E-state index in [9.17, 15) is 4.79 Å². The van der Waals surface area contributed by atoms with Gasteiger partial charge in [0.25, 0.3) is 5.91 Å². The first-order valence-corrected chi connectivity index (χ1v) is 6.35. The van der Waals surface area contributed by atoms with Crippen LogP contribution in [0.2, 0.25) is 0 Å². The van der Waals surface area contributed by atoms with Crippen molar-refractivity contribution in [1.29, 1.82) is 0 Å². The lowest BCUT2D eigenvalue weighted by Gasteiger charge is -2.11. The van der Waals surface area contributed by atoms with E-state index in [0.29, 0.717) is 16.9 Å². The highest BCUT2D eigenvalue weighted by atomic mass is 32.1. The first-order valence-electron chi connectivity index (χ1n) is 5.40. The molecule has 0 aliphatic heterocycles. The van der Waals surface area contributed by atoms with Crippen LogP contribution in [0.15, 0.2) is 34.2 Å². The van der Waals surface area contributed by atoms with Gasteiger partial charge in [0.15, 0.2) is 5.84 Å². The second kappa shape index (κ2) is 5.49. The molecule has 0 atom stereocenters. The summed E-state index contributed by atoms with van der Waals surface area (Å²) >= 11 is 1.34. The van der Waals surface area contributed by atoms with E-state index in [2.05, 4.69) is 15.5 Å². The number of hydrogen-bond acceptors (Lipinski definition) is 5. The quantitative estimate of drug-likeness (QED) is 0.344. The first kappa shape index (κ1) is 13.0. The monoisotopic (exact) mass is 276 g/mol. The van der Waals surface area contributed by atoms with E-state index in [0.717, 1.165) is 5.56 Å². The highest BCUT2D eigenvalue weighted by Crippen LogP contribution is 2.20. The van der Waals surface area contributed by atoms with Crippen molar-refractivity contribution in [3.8, 4) is 0 Å². The Kier molecular flexibility index (Phi) is 3.76. The zero-order chi connectivity index (χ0) is 13.8. The topological polar surface area (TPSA) is 101 Å². The maximum absolute atomic E-state index is 11.9. The summed E-state index contributed by atoms with van der Waals surface area (Å²) in [5, 5.41) is 16.1. The second-order valence-electron chi connectivity index (χ2n) is 3.81. The summed E-state index contributed by atoms with van der Waals surface area (Å²) < 4.78 is 0. The number of nitrogens with zero attached hydrogens (tertiary/aromatic N) is 2. The number of anilines is 1. The number of rotatable bonds is 3. The Labute approximate surface area is 113 Å². The predicted molar refractivity (Wildman–Crippen MR) is 73.8 cm³/mol. The van der Waals surface area contributed by atoms with Crippen molar-refractivity contribution in [3.05, 3.63) is 45.9 Å². The minimum atomic E-state index is -0.334. The minimum absolute atomic E-state index is 0.0494. The molecule has 0 unspecified atom stereocenters. The Morgan fingerprint density at radius 3 is 2.95 bits per heavy atom. The van der Waals surface area contributed by atoms with Gasteiger partial charge in [-0.2, -0.15) is 0 Å². The number of carbonyl (C=O) groups excluding carboxylic acids is 1. The average Bonchev–Trinajstić information content (AvgIpc) is 2.92. The normalized spacial score (nSPS) is 11.3. The fourth-order valence-electron chi connectivity index (χ4n) is 1.67. The Morgan fingerprint density at radius 2 is 2.32 bits per heavy atom. The van der Waals surface area contributed by atoms with Crippen LogP contribution in [0.1, 0.15) is 21.6 Å². The van der Waals surface area contributed by atoms with E-state index < -0.39 is 0 Å². The largest absolute Gasteiger partial charge is 0.409 e. The molecule has 0 aliphatic rings. The molecule has 2 rings (SSSR count). The van der Waals surface area contributed by atoms with Gasteiger partial charge in [-0.15, -0.1) is 11.3 Å². The van der Waals surface area contributed by atoms with Crippen molar-refractivity contribution in [2.45, 2.75) is 6.92 Å². The molecular formula is C12H12N4O2S. The third-order valence-corrected chi connectivity index (χ3v) is 3.14. The zero-order valence-corrected chi connectivity index (χ0v) is 10.9. The smallest absolute Gasteiger partial charge is 0.275 e. The number of aromatic nitrogens is 1. The third kappa shape index (κ3) is 2.71. The van der Waals surface area contributed by atoms with Gasteiger partial charge >= 0.3 is 0 Å². The Morgan fingerprint density at radius 1 is 1.53 bits per heavy atom. The molecule has 0 spiro atoms. The molecule has 0 aliphatic carbocycles. The Balaban J connectivity index is 2.36. The van der Waals surface area contributed by atoms with Gasteiger partial charge in [0.2, 0.25) is 0 Å². The van der Waals surface area contributed by atoms with E-state index >= 15 is 0 Å². The van der Waals surface area contributed by atoms with Gasteiger partial charge in [-0.25, -0.2) is 4.98 Å². The molecule has 19 heavy (non-hydrogen) atoms. The molecule has 98 valence electrons. The lowest BCUT2D eigenvalue weighted by atomic mass is 10.1. The summed E-state index contributed by atoms with van der Waals surface area (Å²) in [6, 6.07) is 5.27. The molecule has 4 N–H and O–H groups in total. The summed E-state index contributed by atoms with van der Waals surface area (Å²) in [6.07, 6.45) is 0. The van der Waals surface area contributed by atoms with Crippen molar-refractivity contribution in [2.75, 3.05) is 5.32 Å². The van der Waals surface area contributed by atoms with Crippen LogP contribution in [-0.2, 0) is 0 Å². The van der Waals surface area contributed by atoms with Gasteiger partial charge in [0, 0.05) is 10.9 Å². The standard InChI is InChI=1S/C12H12N4O2S/c1-7-3-2-4-8(10(7)11(13)16-18)15-12(17)9-5-19-6-14-9/h2-6,18H,1H3,(H2,13,16)(H,15,17). The van der Waals surface area contributed by atoms with Gasteiger partial charge in [0.1, 0.15) is 5.69 Å². The number of oxime groups is 1. The first-order chi connectivity index (χ1) is 9.13. The highest BCUT2D eigenvalue weighted by molar-refractivity contribution is 7.07. The average molecular weight is 276 g/mol. The van der Waals surface area contributed by atoms with Crippen LogP contribution in [-0.4, -0.2) is 21.9 Å². The number of amides is 1. The van der Waals surface area contributed by atoms with E-state index in [1.807, 2.05) is 13.0 Å². The molecule has 1 heterocycles. The third-order valence-electron chi connectivity index (χ3n) is 2.55. The number of nitrogens with one attached hydrogen (secondary N) is 1. The molecular weight excluding hydrogens is 264 g/mol. The van der Waals surface area contributed by atoms with Crippen molar-refractivity contribution >= 4 is 28.8 Å². The van der Waals surface area contributed by atoms with Crippen LogP contribution in [0.4, 0.5) is 5.69 Å². The van der Waals surface area contributed by atoms with Gasteiger partial charge in [-0.05, 0) is 18.6 Å².